The number of benzene rings is 2. The van der Waals surface area contributed by atoms with Crippen LogP contribution >= 0.6 is 11.8 Å². The maximum atomic E-state index is 13.2. The van der Waals surface area contributed by atoms with Crippen LogP contribution in [0, 0.1) is 5.82 Å². The summed E-state index contributed by atoms with van der Waals surface area (Å²) in [6.45, 7) is -0.207. The van der Waals surface area contributed by atoms with Gasteiger partial charge >= 0.3 is 5.97 Å². The highest BCUT2D eigenvalue weighted by Crippen LogP contribution is 2.22. The second-order valence-electron chi connectivity index (χ2n) is 6.11. The molecule has 1 aromatic heterocycles. The van der Waals surface area contributed by atoms with Crippen LogP contribution in [0.2, 0.25) is 0 Å². The van der Waals surface area contributed by atoms with Gasteiger partial charge in [0.2, 0.25) is 0 Å². The Bertz CT molecular complexity index is 1040. The molecule has 156 valence electrons. The first-order chi connectivity index (χ1) is 14.5. The number of thioether (sulfide) groups is 1. The number of carbonyl (C=O) groups excluding carboxylic acids is 2. The maximum Gasteiger partial charge on any atom is 0.357 e. The summed E-state index contributed by atoms with van der Waals surface area (Å²) in [5.74, 6) is -0.894. The van der Waals surface area contributed by atoms with Gasteiger partial charge in [-0.3, -0.25) is 9.36 Å². The lowest BCUT2D eigenvalue weighted by Crippen LogP contribution is -2.28. The van der Waals surface area contributed by atoms with E-state index in [4.69, 9.17) is 9.47 Å². The summed E-state index contributed by atoms with van der Waals surface area (Å²) in [7, 11) is 1.55. The number of amides is 1. The van der Waals surface area contributed by atoms with Crippen molar-refractivity contribution in [2.45, 2.75) is 11.7 Å². The molecule has 0 atom stereocenters. The Morgan fingerprint density at radius 3 is 2.60 bits per heavy atom. The predicted octanol–water partition coefficient (Wildman–Crippen LogP) is 3.22. The minimum atomic E-state index is -0.709. The fourth-order valence-corrected chi connectivity index (χ4v) is 3.31. The van der Waals surface area contributed by atoms with E-state index in [2.05, 4.69) is 10.3 Å². The Labute approximate surface area is 177 Å². The summed E-state index contributed by atoms with van der Waals surface area (Å²) in [5, 5.41) is 3.22. The first-order valence-corrected chi connectivity index (χ1v) is 10.2. The van der Waals surface area contributed by atoms with Crippen molar-refractivity contribution in [3.8, 4) is 11.4 Å². The van der Waals surface area contributed by atoms with Crippen molar-refractivity contribution in [3.63, 3.8) is 0 Å². The first kappa shape index (κ1) is 21.4. The zero-order valence-corrected chi connectivity index (χ0v) is 17.2. The molecule has 0 radical (unpaired) electrons. The Balaban J connectivity index is 1.64. The first-order valence-electron chi connectivity index (χ1n) is 8.97. The molecule has 7 nitrogen and oxygen atoms in total. The molecule has 0 aliphatic rings. The summed E-state index contributed by atoms with van der Waals surface area (Å²) in [4.78, 5) is 28.8. The number of imidazole rings is 1. The van der Waals surface area contributed by atoms with E-state index in [1.165, 1.54) is 42.2 Å². The molecule has 1 N–H and O–H groups in total. The van der Waals surface area contributed by atoms with Gasteiger partial charge in [-0.1, -0.05) is 30.0 Å². The van der Waals surface area contributed by atoms with Crippen molar-refractivity contribution in [2.24, 2.45) is 0 Å². The quantitative estimate of drug-likeness (QED) is 0.437. The lowest BCUT2D eigenvalue weighted by Gasteiger charge is -2.11. The smallest absolute Gasteiger partial charge is 0.357 e. The van der Waals surface area contributed by atoms with Gasteiger partial charge in [0.1, 0.15) is 11.6 Å². The molecule has 3 rings (SSSR count). The topological polar surface area (TPSA) is 82.4 Å². The highest BCUT2D eigenvalue weighted by atomic mass is 32.2. The number of esters is 1. The minimum absolute atomic E-state index is 0.142. The molecule has 3 aromatic rings. The van der Waals surface area contributed by atoms with Gasteiger partial charge in [-0.15, -0.1) is 0 Å². The summed E-state index contributed by atoms with van der Waals surface area (Å²) in [5.41, 5.74) is 1.51. The SMILES string of the molecule is COc1ccccc1CNC(=O)COC(=O)c1cnc(SC)n1-c1ccc(F)cc1. The predicted molar refractivity (Wildman–Crippen MR) is 110 cm³/mol. The number of para-hydroxylation sites is 1. The number of halogens is 1. The number of hydrogen-bond acceptors (Lipinski definition) is 6. The van der Waals surface area contributed by atoms with E-state index in [-0.39, 0.29) is 18.1 Å². The molecule has 0 unspecified atom stereocenters. The molecule has 0 aliphatic heterocycles. The zero-order valence-electron chi connectivity index (χ0n) is 16.4. The normalized spacial score (nSPS) is 10.5. The largest absolute Gasteiger partial charge is 0.496 e. The standard InChI is InChI=1S/C21H20FN3O4S/c1-28-18-6-4-3-5-14(18)11-23-19(26)13-29-20(27)17-12-24-21(30-2)25(17)16-9-7-15(22)8-10-16/h3-10,12H,11,13H2,1-2H3,(H,23,26). The van der Waals surface area contributed by atoms with Gasteiger partial charge in [-0.2, -0.15) is 0 Å². The number of methoxy groups -OCH3 is 1. The van der Waals surface area contributed by atoms with Crippen LogP contribution < -0.4 is 10.1 Å². The molecule has 1 amide bonds. The van der Waals surface area contributed by atoms with E-state index in [9.17, 15) is 14.0 Å². The van der Waals surface area contributed by atoms with Crippen LogP contribution in [0.1, 0.15) is 16.1 Å². The number of carbonyl (C=O) groups is 2. The monoisotopic (exact) mass is 429 g/mol. The molecule has 0 spiro atoms. The molecule has 2 aromatic carbocycles. The summed E-state index contributed by atoms with van der Waals surface area (Å²) in [6.07, 6.45) is 3.17. The van der Waals surface area contributed by atoms with E-state index >= 15 is 0 Å². The number of hydrogen-bond donors (Lipinski definition) is 1. The highest BCUT2D eigenvalue weighted by Gasteiger charge is 2.20. The van der Waals surface area contributed by atoms with Crippen molar-refractivity contribution < 1.29 is 23.5 Å². The van der Waals surface area contributed by atoms with Gasteiger partial charge in [0.25, 0.3) is 5.91 Å². The highest BCUT2D eigenvalue weighted by molar-refractivity contribution is 7.98. The van der Waals surface area contributed by atoms with Crippen molar-refractivity contribution in [1.29, 1.82) is 0 Å². The van der Waals surface area contributed by atoms with Crippen LogP contribution in [0.15, 0.2) is 59.9 Å². The molecular formula is C21H20FN3O4S. The van der Waals surface area contributed by atoms with Crippen LogP contribution in [-0.4, -0.2) is 41.4 Å². The fraction of sp³-hybridized carbons (Fsp3) is 0.190. The lowest BCUT2D eigenvalue weighted by molar-refractivity contribution is -0.124. The fourth-order valence-electron chi connectivity index (χ4n) is 2.76. The number of nitrogens with zero attached hydrogens (tertiary/aromatic N) is 2. The molecule has 0 fully saturated rings. The van der Waals surface area contributed by atoms with E-state index in [0.29, 0.717) is 16.6 Å². The minimum Gasteiger partial charge on any atom is -0.496 e. The number of nitrogens with one attached hydrogen (secondary N) is 1. The van der Waals surface area contributed by atoms with Crippen molar-refractivity contribution in [2.75, 3.05) is 20.0 Å². The second kappa shape index (κ2) is 9.93. The van der Waals surface area contributed by atoms with Gasteiger partial charge in [0.15, 0.2) is 17.5 Å². The lowest BCUT2D eigenvalue weighted by atomic mass is 10.2. The average molecular weight is 429 g/mol. The molecule has 30 heavy (non-hydrogen) atoms. The van der Waals surface area contributed by atoms with Gasteiger partial charge < -0.3 is 14.8 Å². The summed E-state index contributed by atoms with van der Waals surface area (Å²) >= 11 is 1.33. The molecular weight excluding hydrogens is 409 g/mol. The Kier molecular flexibility index (Phi) is 7.08. The van der Waals surface area contributed by atoms with Gasteiger partial charge in [-0.05, 0) is 36.6 Å². The van der Waals surface area contributed by atoms with Crippen LogP contribution in [0.25, 0.3) is 5.69 Å². The Hall–Kier alpha value is -3.33. The van der Waals surface area contributed by atoms with E-state index < -0.39 is 18.5 Å². The van der Waals surface area contributed by atoms with E-state index in [1.54, 1.807) is 17.7 Å². The molecule has 0 aliphatic carbocycles. The molecule has 1 heterocycles. The number of aromatic nitrogens is 2. The summed E-state index contributed by atoms with van der Waals surface area (Å²) in [6, 6.07) is 12.9. The van der Waals surface area contributed by atoms with Crippen LogP contribution in [-0.2, 0) is 16.1 Å². The van der Waals surface area contributed by atoms with Crippen LogP contribution in [0.4, 0.5) is 4.39 Å². The number of ether oxygens (including phenoxy) is 2. The summed E-state index contributed by atoms with van der Waals surface area (Å²) < 4.78 is 25.2. The molecule has 0 bridgehead atoms. The molecule has 9 heteroatoms. The number of rotatable bonds is 8. The third-order valence-corrected chi connectivity index (χ3v) is 4.86. The van der Waals surface area contributed by atoms with Crippen LogP contribution in [0.3, 0.4) is 0 Å². The van der Waals surface area contributed by atoms with Crippen molar-refractivity contribution in [1.82, 2.24) is 14.9 Å². The average Bonchev–Trinajstić information content (AvgIpc) is 3.21. The van der Waals surface area contributed by atoms with Crippen molar-refractivity contribution >= 4 is 23.6 Å². The third kappa shape index (κ3) is 4.98. The Morgan fingerprint density at radius 1 is 1.17 bits per heavy atom. The van der Waals surface area contributed by atoms with E-state index in [1.807, 2.05) is 24.5 Å². The van der Waals surface area contributed by atoms with E-state index in [0.717, 1.165) is 5.56 Å². The van der Waals surface area contributed by atoms with Gasteiger partial charge in [0, 0.05) is 17.8 Å². The molecule has 0 saturated carbocycles. The van der Waals surface area contributed by atoms with Gasteiger partial charge in [0.05, 0.1) is 13.3 Å². The third-order valence-electron chi connectivity index (χ3n) is 4.21. The van der Waals surface area contributed by atoms with Crippen LogP contribution in [0.5, 0.6) is 5.75 Å². The van der Waals surface area contributed by atoms with Gasteiger partial charge in [-0.25, -0.2) is 14.2 Å². The Morgan fingerprint density at radius 2 is 1.90 bits per heavy atom. The molecule has 0 saturated heterocycles. The zero-order chi connectivity index (χ0) is 21.5. The van der Waals surface area contributed by atoms with Crippen molar-refractivity contribution in [3.05, 3.63) is 71.8 Å². The maximum absolute atomic E-state index is 13.2. The second-order valence-corrected chi connectivity index (χ2v) is 6.88.